The number of ketones is 1. The van der Waals surface area contributed by atoms with Gasteiger partial charge >= 0.3 is 48.1 Å². The molecule has 2 aromatic carbocycles. The second-order valence-electron chi connectivity index (χ2n) is 22.7. The van der Waals surface area contributed by atoms with Crippen molar-refractivity contribution in [3.8, 4) is 0 Å². The first-order valence-electron chi connectivity index (χ1n) is 28.8. The summed E-state index contributed by atoms with van der Waals surface area (Å²) in [6.45, 7) is 20.3. The number of alkyl halides is 9. The fourth-order valence-electron chi connectivity index (χ4n) is 9.99. The van der Waals surface area contributed by atoms with Crippen molar-refractivity contribution < 1.29 is 97.1 Å². The van der Waals surface area contributed by atoms with Gasteiger partial charge in [-0.1, -0.05) is 107 Å². The number of hydrogen-bond acceptors (Lipinski definition) is 13. The maximum absolute atomic E-state index is 12.4. The number of Topliss-reactive ketones (excluding diaryl/α,β-unsaturated/α-hetero) is 1. The molecule has 0 saturated carbocycles. The molecule has 3 aromatic heterocycles. The molecule has 0 bridgehead atoms. The van der Waals surface area contributed by atoms with Gasteiger partial charge in [-0.3, -0.25) is 14.6 Å². The molecule has 5 aliphatic heterocycles. The van der Waals surface area contributed by atoms with Crippen LogP contribution in [0, 0.1) is 29.6 Å². The molecule has 87 heavy (non-hydrogen) atoms. The van der Waals surface area contributed by atoms with Crippen molar-refractivity contribution in [2.75, 3.05) is 75.2 Å². The molecule has 9 atom stereocenters. The summed E-state index contributed by atoms with van der Waals surface area (Å²) in [5.74, 6) is 2.74. The van der Waals surface area contributed by atoms with Crippen LogP contribution in [-0.4, -0.2) is 149 Å². The minimum Gasteiger partial charge on any atom is -1.00 e. The predicted molar refractivity (Wildman–Crippen MR) is 320 cm³/mol. The van der Waals surface area contributed by atoms with Crippen LogP contribution in [-0.2, 0) is 36.4 Å². The third-order valence-electron chi connectivity index (χ3n) is 15.5. The van der Waals surface area contributed by atoms with Crippen LogP contribution in [0.1, 0.15) is 97.4 Å². The number of aliphatic hydroxyl groups excluding tert-OH is 4. The second-order valence-corrected chi connectivity index (χ2v) is 23.0. The smallest absolute Gasteiger partial charge is 1.00 e. The van der Waals surface area contributed by atoms with Crippen molar-refractivity contribution in [2.45, 2.75) is 123 Å². The van der Waals surface area contributed by atoms with Gasteiger partial charge in [0, 0.05) is 113 Å². The van der Waals surface area contributed by atoms with Gasteiger partial charge < -0.3 is 37.0 Å². The minimum absolute atomic E-state index is 0. The molecule has 477 valence electrons. The Morgan fingerprint density at radius 3 is 1.25 bits per heavy atom. The zero-order valence-electron chi connectivity index (χ0n) is 51.4. The van der Waals surface area contributed by atoms with E-state index in [1.54, 1.807) is 0 Å². The summed E-state index contributed by atoms with van der Waals surface area (Å²) in [5, 5.41) is 41.2. The van der Waals surface area contributed by atoms with E-state index in [1.807, 2.05) is 42.7 Å². The molecule has 0 amide bonds. The first kappa shape index (κ1) is 76.9. The zero-order valence-corrected chi connectivity index (χ0v) is 53.1. The number of aliphatic hydroxyl groups is 4. The first-order valence-corrected chi connectivity index (χ1v) is 29.2. The number of carbonyl (C=O) groups is 1. The number of carbonyl (C=O) groups excluding carboxylic acids is 1. The molecule has 25 heteroatoms. The number of halogens is 10. The van der Waals surface area contributed by atoms with Crippen molar-refractivity contribution in [1.82, 2.24) is 30.1 Å². The summed E-state index contributed by atoms with van der Waals surface area (Å²) in [5.41, 5.74) is 0.426. The summed E-state index contributed by atoms with van der Waals surface area (Å²) < 4.78 is 110. The number of nitrogens with zero attached hydrogens (tertiary/aromatic N) is 7. The summed E-state index contributed by atoms with van der Waals surface area (Å²) in [6, 6.07) is 27.8. The van der Waals surface area contributed by atoms with Crippen LogP contribution in [0.4, 0.5) is 51.1 Å². The van der Waals surface area contributed by atoms with Crippen molar-refractivity contribution in [1.29, 1.82) is 0 Å². The van der Waals surface area contributed by atoms with Crippen LogP contribution in [0.25, 0.3) is 0 Å². The molecule has 5 fully saturated rings. The Labute approximate surface area is 538 Å². The molecule has 0 aliphatic carbocycles. The Bertz CT molecular complexity index is 2630. The molecule has 8 heterocycles. The van der Waals surface area contributed by atoms with E-state index >= 15 is 0 Å². The number of benzene rings is 2. The largest absolute Gasteiger partial charge is 1.00 e. The van der Waals surface area contributed by atoms with Gasteiger partial charge in [0.2, 0.25) is 0 Å². The average molecular weight is 1260 g/mol. The predicted octanol–water partition coefficient (Wildman–Crippen LogP) is 8.31. The molecular weight excluding hydrogens is 1180 g/mol. The zero-order chi connectivity index (χ0) is 62.5. The van der Waals surface area contributed by atoms with Gasteiger partial charge in [0.15, 0.2) is 0 Å². The Kier molecular flexibility index (Phi) is 32.7. The van der Waals surface area contributed by atoms with Crippen LogP contribution in [0.2, 0.25) is 5.15 Å². The van der Waals surface area contributed by atoms with E-state index in [2.05, 4.69) is 92.4 Å². The molecule has 0 spiro atoms. The minimum atomic E-state index is -4.35. The summed E-state index contributed by atoms with van der Waals surface area (Å²) in [4.78, 5) is 30.9. The van der Waals surface area contributed by atoms with E-state index in [0.29, 0.717) is 80.9 Å². The van der Waals surface area contributed by atoms with Crippen LogP contribution in [0.3, 0.4) is 0 Å². The molecule has 5 aliphatic rings. The normalized spacial score (nSPS) is 24.4. The second kappa shape index (κ2) is 37.1. The number of piperidine rings is 5. The average Bonchev–Trinajstić information content (AvgIpc) is 3.63. The van der Waals surface area contributed by atoms with Crippen LogP contribution < -0.4 is 44.7 Å². The Balaban J connectivity index is 0.000000537. The summed E-state index contributed by atoms with van der Waals surface area (Å²) in [6.07, 6.45) is -7.69. The Hall–Kier alpha value is -4.40. The SMILES string of the molecule is CC1CN(Cc2ccccc2)CCC1=O.CC1CN(Cc2ccccc2)CCC1O.CC1CNCCC1O.C[C@H]1CN(c2ccc(C(F)(F)F)cn2)CC[C@@H]1O.C[C@H]1CN(c2ccc(C(F)(F)F)cn2)CC[C@H]1O.FC(F)(F)c1ccc(Cl)nc1.[B].[H-].[HH].[Na+]. The Morgan fingerprint density at radius 1 is 0.529 bits per heavy atom. The molecule has 3 radical (unpaired) electrons. The topological polar surface area (TPSA) is 162 Å². The molecule has 5 saturated heterocycles. The van der Waals surface area contributed by atoms with Crippen molar-refractivity contribution >= 4 is 37.4 Å². The monoisotopic (exact) mass is 1260 g/mol. The van der Waals surface area contributed by atoms with Gasteiger partial charge in [-0.05, 0) is 103 Å². The fourth-order valence-corrected chi connectivity index (χ4v) is 10.1. The van der Waals surface area contributed by atoms with Gasteiger partial charge in [-0.15, -0.1) is 0 Å². The quantitative estimate of drug-likeness (QED) is 0.0628. The van der Waals surface area contributed by atoms with E-state index < -0.39 is 35.2 Å². The van der Waals surface area contributed by atoms with E-state index in [4.69, 9.17) is 16.7 Å². The molecule has 5 N–H and O–H groups in total. The van der Waals surface area contributed by atoms with Crippen LogP contribution >= 0.6 is 11.6 Å². The maximum Gasteiger partial charge on any atom is 1.00 e. The standard InChI is InChI=1S/C13H19NO.C13H17NO.2C12H15F3N2O.C6H3ClF3N.C6H13NO.B.Na.H2.H/c2*1-11-9-14(8-7-13(11)15)10-12-5-3-2-4-6-12;2*1-8-7-17(5-4-10(8)18)11-3-2-9(6-16-11)12(13,14)15;7-5-2-1-4(3-11-5)6(8,9)10;1-5-4-7-3-2-6(5)8;;;;/h2-6,11,13,15H,7-10H2,1H3;2-6,11H,7-10H2,1H3;2*2-3,6,8,10,18H,4-5,7H2,1H3;1-3H;5-8H,2-4H2,1H3;;;1H;/q;;;;;;;+1;;-1/t;;8-,10+;8-,10-;;;;;;/m..00....../s1. The van der Waals surface area contributed by atoms with Gasteiger partial charge in [0.1, 0.15) is 22.6 Å². The number of pyridine rings is 3. The molecule has 10 rings (SSSR count). The number of likely N-dealkylation sites (tertiary alicyclic amines) is 2. The first-order chi connectivity index (χ1) is 40.1. The van der Waals surface area contributed by atoms with Crippen molar-refractivity contribution in [3.63, 3.8) is 0 Å². The number of anilines is 2. The van der Waals surface area contributed by atoms with Gasteiger partial charge in [0.25, 0.3) is 0 Å². The molecule has 5 unspecified atom stereocenters. The molecule has 5 aromatic rings. The van der Waals surface area contributed by atoms with E-state index in [0.717, 1.165) is 102 Å². The third kappa shape index (κ3) is 26.9. The van der Waals surface area contributed by atoms with Gasteiger partial charge in [-0.2, -0.15) is 39.5 Å². The number of nitrogens with one attached hydrogen (secondary N) is 1. The van der Waals surface area contributed by atoms with Gasteiger partial charge in [-0.25, -0.2) is 15.0 Å². The number of hydrogen-bond donors (Lipinski definition) is 5. The van der Waals surface area contributed by atoms with E-state index in [9.17, 15) is 59.6 Å². The van der Waals surface area contributed by atoms with E-state index in [-0.39, 0.29) is 88.1 Å². The Morgan fingerprint density at radius 2 is 0.920 bits per heavy atom. The number of rotatable bonds is 6. The summed E-state index contributed by atoms with van der Waals surface area (Å²) >= 11 is 5.28. The van der Waals surface area contributed by atoms with Crippen LogP contribution in [0.5, 0.6) is 0 Å². The van der Waals surface area contributed by atoms with Gasteiger partial charge in [0.05, 0.1) is 41.1 Å². The van der Waals surface area contributed by atoms with Crippen LogP contribution in [0.15, 0.2) is 116 Å². The summed E-state index contributed by atoms with van der Waals surface area (Å²) in [7, 11) is 0. The van der Waals surface area contributed by atoms with E-state index in [1.165, 1.54) is 23.3 Å². The van der Waals surface area contributed by atoms with Crippen molar-refractivity contribution in [3.05, 3.63) is 149 Å². The molecule has 13 nitrogen and oxygen atoms in total. The maximum atomic E-state index is 12.4. The molecular formula is C62H85BClF9N8NaO5. The fraction of sp³-hybridized carbons (Fsp3) is 0.548. The van der Waals surface area contributed by atoms with Crippen molar-refractivity contribution in [2.24, 2.45) is 29.6 Å². The number of aromatic nitrogens is 3. The third-order valence-corrected chi connectivity index (χ3v) is 15.7.